The smallest absolute Gasteiger partial charge is 0.238 e. The summed E-state index contributed by atoms with van der Waals surface area (Å²) in [5.74, 6) is -3.90. The van der Waals surface area contributed by atoms with Gasteiger partial charge in [0.2, 0.25) is 5.91 Å². The van der Waals surface area contributed by atoms with E-state index in [0.717, 1.165) is 31.7 Å². The summed E-state index contributed by atoms with van der Waals surface area (Å²) in [6, 6.07) is 0.785. The van der Waals surface area contributed by atoms with Crippen molar-refractivity contribution in [3.05, 3.63) is 35.1 Å². The largest absolute Gasteiger partial charge is 0.336 e. The van der Waals surface area contributed by atoms with E-state index in [-0.39, 0.29) is 35.9 Å². The van der Waals surface area contributed by atoms with Gasteiger partial charge in [0.15, 0.2) is 21.5 Å². The third-order valence-corrected chi connectivity index (χ3v) is 9.48. The van der Waals surface area contributed by atoms with Crippen LogP contribution in [0.4, 0.5) is 13.2 Å². The van der Waals surface area contributed by atoms with Crippen LogP contribution in [0.3, 0.4) is 0 Å². The summed E-state index contributed by atoms with van der Waals surface area (Å²) in [4.78, 5) is 14.6. The normalized spacial score (nSPS) is 27.6. The van der Waals surface area contributed by atoms with Gasteiger partial charge >= 0.3 is 0 Å². The highest BCUT2D eigenvalue weighted by atomic mass is 32.2. The Kier molecular flexibility index (Phi) is 6.36. The second-order valence-corrected chi connectivity index (χ2v) is 11.6. The van der Waals surface area contributed by atoms with Crippen molar-refractivity contribution in [2.24, 2.45) is 11.7 Å². The van der Waals surface area contributed by atoms with Crippen molar-refractivity contribution in [3.8, 4) is 0 Å². The van der Waals surface area contributed by atoms with Gasteiger partial charge in [-0.25, -0.2) is 21.6 Å². The van der Waals surface area contributed by atoms with E-state index in [2.05, 4.69) is 0 Å². The number of piperidine rings is 1. The number of halogens is 3. The molecule has 1 amide bonds. The summed E-state index contributed by atoms with van der Waals surface area (Å²) in [5, 5.41) is -0.397. The van der Waals surface area contributed by atoms with Crippen LogP contribution >= 0.6 is 0 Å². The zero-order chi connectivity index (χ0) is 22.3. The van der Waals surface area contributed by atoms with E-state index >= 15 is 0 Å². The van der Waals surface area contributed by atoms with Crippen LogP contribution in [-0.4, -0.2) is 48.4 Å². The molecule has 3 fully saturated rings. The highest BCUT2D eigenvalue weighted by Gasteiger charge is 2.45. The molecule has 9 heteroatoms. The summed E-state index contributed by atoms with van der Waals surface area (Å²) >= 11 is 0. The van der Waals surface area contributed by atoms with Gasteiger partial charge in [-0.1, -0.05) is 12.8 Å². The Labute approximate surface area is 181 Å². The average molecular weight is 459 g/mol. The molecule has 4 rings (SSSR count). The molecule has 2 saturated heterocycles. The average Bonchev–Trinajstić information content (AvgIpc) is 3.33. The van der Waals surface area contributed by atoms with Crippen LogP contribution in [0.5, 0.6) is 0 Å². The van der Waals surface area contributed by atoms with Gasteiger partial charge in [0.05, 0.1) is 5.25 Å². The molecule has 1 aromatic carbocycles. The van der Waals surface area contributed by atoms with Crippen molar-refractivity contribution >= 4 is 15.7 Å². The molecule has 2 N–H and O–H groups in total. The summed E-state index contributed by atoms with van der Waals surface area (Å²) in [6.07, 6.45) is 5.95. The molecule has 0 unspecified atom stereocenters. The predicted molar refractivity (Wildman–Crippen MR) is 110 cm³/mol. The maximum absolute atomic E-state index is 14.0. The SMILES string of the molecule is N[C@H](Cc1cc(F)c(F)cc1F)[C@@H]1C[C@H]2CC[C@@H](C1)N2C(=O)CS(=O)(=O)C1CCCC1. The van der Waals surface area contributed by atoms with E-state index in [4.69, 9.17) is 5.73 Å². The Morgan fingerprint density at radius 1 is 1.00 bits per heavy atom. The van der Waals surface area contributed by atoms with Crippen LogP contribution in [-0.2, 0) is 21.1 Å². The topological polar surface area (TPSA) is 80.5 Å². The highest BCUT2D eigenvalue weighted by molar-refractivity contribution is 7.92. The molecule has 172 valence electrons. The summed E-state index contributed by atoms with van der Waals surface area (Å²) < 4.78 is 65.9. The first-order chi connectivity index (χ1) is 14.7. The first-order valence-corrected chi connectivity index (χ1v) is 12.8. The second kappa shape index (κ2) is 8.73. The van der Waals surface area contributed by atoms with Crippen molar-refractivity contribution in [3.63, 3.8) is 0 Å². The lowest BCUT2D eigenvalue weighted by Crippen LogP contribution is -2.52. The lowest BCUT2D eigenvalue weighted by atomic mass is 9.82. The molecule has 0 aromatic heterocycles. The number of nitrogens with two attached hydrogens (primary N) is 1. The number of rotatable bonds is 6. The van der Waals surface area contributed by atoms with Gasteiger partial charge in [-0.2, -0.15) is 0 Å². The van der Waals surface area contributed by atoms with Crippen LogP contribution in [0, 0.1) is 23.4 Å². The van der Waals surface area contributed by atoms with E-state index in [1.165, 1.54) is 0 Å². The van der Waals surface area contributed by atoms with E-state index in [9.17, 15) is 26.4 Å². The molecule has 2 bridgehead atoms. The molecule has 1 saturated carbocycles. The molecule has 0 spiro atoms. The van der Waals surface area contributed by atoms with Gasteiger partial charge in [-0.3, -0.25) is 4.79 Å². The Morgan fingerprint density at radius 2 is 1.58 bits per heavy atom. The van der Waals surface area contributed by atoms with E-state index in [1.807, 2.05) is 0 Å². The highest BCUT2D eigenvalue weighted by Crippen LogP contribution is 2.40. The molecule has 1 aliphatic carbocycles. The summed E-state index contributed by atoms with van der Waals surface area (Å²) in [5.41, 5.74) is 6.36. The van der Waals surface area contributed by atoms with E-state index < -0.39 is 44.3 Å². The Hall–Kier alpha value is -1.61. The lowest BCUT2D eigenvalue weighted by Gasteiger charge is -2.41. The molecule has 2 aliphatic heterocycles. The van der Waals surface area contributed by atoms with Crippen LogP contribution in [0.25, 0.3) is 0 Å². The zero-order valence-electron chi connectivity index (χ0n) is 17.4. The zero-order valence-corrected chi connectivity index (χ0v) is 18.2. The number of hydrogen-bond acceptors (Lipinski definition) is 4. The standard InChI is InChI=1S/C22H29F3N2O3S/c23-18-11-20(25)19(24)9-13(18)10-21(26)14-7-15-5-6-16(8-14)27(15)22(28)12-31(29,30)17-3-1-2-4-17/h9,11,14-17,21H,1-8,10,12,26H2/t14-,15-,16+,21-/m1/s1. The van der Waals surface area contributed by atoms with Crippen LogP contribution in [0.15, 0.2) is 12.1 Å². The number of carbonyl (C=O) groups excluding carboxylic acids is 1. The van der Waals surface area contributed by atoms with Gasteiger partial charge in [0.25, 0.3) is 0 Å². The van der Waals surface area contributed by atoms with Crippen LogP contribution in [0.1, 0.15) is 56.9 Å². The lowest BCUT2D eigenvalue weighted by molar-refractivity contribution is -0.133. The quantitative estimate of drug-likeness (QED) is 0.665. The first kappa shape index (κ1) is 22.6. The molecule has 31 heavy (non-hydrogen) atoms. The number of carbonyl (C=O) groups is 1. The van der Waals surface area contributed by atoms with Crippen molar-refractivity contribution in [1.29, 1.82) is 0 Å². The van der Waals surface area contributed by atoms with Gasteiger partial charge in [-0.05, 0) is 62.5 Å². The Bertz CT molecular complexity index is 936. The minimum Gasteiger partial charge on any atom is -0.336 e. The van der Waals surface area contributed by atoms with Crippen molar-refractivity contribution in [2.45, 2.75) is 81.2 Å². The van der Waals surface area contributed by atoms with Crippen LogP contribution < -0.4 is 5.73 Å². The third-order valence-electron chi connectivity index (χ3n) is 7.34. The minimum atomic E-state index is -3.43. The van der Waals surface area contributed by atoms with Crippen molar-refractivity contribution in [2.75, 3.05) is 5.75 Å². The third kappa shape index (κ3) is 4.62. The number of sulfone groups is 1. The van der Waals surface area contributed by atoms with Gasteiger partial charge in [0.1, 0.15) is 11.6 Å². The molecule has 3 aliphatic rings. The molecule has 4 atom stereocenters. The van der Waals surface area contributed by atoms with Crippen molar-refractivity contribution < 1.29 is 26.4 Å². The maximum atomic E-state index is 14.0. The van der Waals surface area contributed by atoms with Gasteiger partial charge in [0, 0.05) is 24.2 Å². The number of amides is 1. The number of fused-ring (bicyclic) bond motifs is 2. The van der Waals surface area contributed by atoms with Gasteiger partial charge < -0.3 is 10.6 Å². The fourth-order valence-electron chi connectivity index (χ4n) is 5.73. The first-order valence-electron chi connectivity index (χ1n) is 11.1. The van der Waals surface area contributed by atoms with E-state index in [1.54, 1.807) is 4.90 Å². The second-order valence-electron chi connectivity index (χ2n) is 9.36. The number of hydrogen-bond donors (Lipinski definition) is 1. The van der Waals surface area contributed by atoms with Crippen molar-refractivity contribution in [1.82, 2.24) is 4.90 Å². The number of nitrogens with zero attached hydrogens (tertiary/aromatic N) is 1. The monoisotopic (exact) mass is 458 g/mol. The molecule has 1 aromatic rings. The van der Waals surface area contributed by atoms with E-state index in [0.29, 0.717) is 31.7 Å². The molecule has 2 heterocycles. The fraction of sp³-hybridized carbons (Fsp3) is 0.682. The van der Waals surface area contributed by atoms with Gasteiger partial charge in [-0.15, -0.1) is 0 Å². The molecule has 0 radical (unpaired) electrons. The molecular weight excluding hydrogens is 429 g/mol. The predicted octanol–water partition coefficient (Wildman–Crippen LogP) is 3.10. The minimum absolute atomic E-state index is 0.000466. The molecule has 5 nitrogen and oxygen atoms in total. The van der Waals surface area contributed by atoms with Crippen LogP contribution in [0.2, 0.25) is 0 Å². The Balaban J connectivity index is 1.39. The number of benzene rings is 1. The maximum Gasteiger partial charge on any atom is 0.238 e. The Morgan fingerprint density at radius 3 is 2.19 bits per heavy atom. The summed E-state index contributed by atoms with van der Waals surface area (Å²) in [7, 11) is -3.43. The summed E-state index contributed by atoms with van der Waals surface area (Å²) in [6.45, 7) is 0. The molecular formula is C22H29F3N2O3S. The fourth-order valence-corrected chi connectivity index (χ4v) is 7.51.